The molecule has 0 aliphatic heterocycles. The zero-order valence-corrected chi connectivity index (χ0v) is 8.22. The monoisotopic (exact) mass is 181 g/mol. The van der Waals surface area contributed by atoms with E-state index in [2.05, 4.69) is 11.2 Å². The van der Waals surface area contributed by atoms with Gasteiger partial charge in [-0.15, -0.1) is 6.42 Å². The maximum absolute atomic E-state index is 5.70. The van der Waals surface area contributed by atoms with Crippen LogP contribution in [0.2, 0.25) is 0 Å². The van der Waals surface area contributed by atoms with Crippen LogP contribution >= 0.6 is 0 Å². The molecule has 2 heteroatoms. The van der Waals surface area contributed by atoms with E-state index in [0.717, 1.165) is 13.2 Å². The van der Waals surface area contributed by atoms with Crippen LogP contribution in [0.4, 0.5) is 0 Å². The van der Waals surface area contributed by atoms with E-state index in [1.165, 1.54) is 32.1 Å². The van der Waals surface area contributed by atoms with Gasteiger partial charge in [0.25, 0.3) is 0 Å². The molecule has 1 N–H and O–H groups in total. The molecule has 2 nitrogen and oxygen atoms in total. The summed E-state index contributed by atoms with van der Waals surface area (Å²) in [7, 11) is 0. The Morgan fingerprint density at radius 2 is 2.08 bits per heavy atom. The predicted octanol–water partition coefficient (Wildman–Crippen LogP) is 1.56. The van der Waals surface area contributed by atoms with Gasteiger partial charge in [0.2, 0.25) is 0 Å². The molecule has 1 rings (SSSR count). The van der Waals surface area contributed by atoms with Crippen LogP contribution in [0.15, 0.2) is 0 Å². The topological polar surface area (TPSA) is 21.3 Å². The number of terminal acetylenes is 1. The van der Waals surface area contributed by atoms with Crippen LogP contribution in [0.1, 0.15) is 32.1 Å². The first-order valence-electron chi connectivity index (χ1n) is 5.19. The van der Waals surface area contributed by atoms with Gasteiger partial charge in [-0.1, -0.05) is 25.2 Å². The molecule has 0 aromatic rings. The Kier molecular flexibility index (Phi) is 5.64. The first-order valence-corrected chi connectivity index (χ1v) is 5.19. The molecule has 74 valence electrons. The second-order valence-corrected chi connectivity index (χ2v) is 3.51. The molecule has 0 atom stereocenters. The Balaban J connectivity index is 1.90. The molecule has 0 heterocycles. The molecule has 0 amide bonds. The zero-order valence-electron chi connectivity index (χ0n) is 8.22. The van der Waals surface area contributed by atoms with Gasteiger partial charge in [0.1, 0.15) is 0 Å². The molecule has 0 bridgehead atoms. The molecular formula is C11H19NO. The van der Waals surface area contributed by atoms with Gasteiger partial charge >= 0.3 is 0 Å². The summed E-state index contributed by atoms with van der Waals surface area (Å²) < 4.78 is 5.70. The highest BCUT2D eigenvalue weighted by Gasteiger charge is 2.12. The third-order valence-electron chi connectivity index (χ3n) is 2.41. The summed E-state index contributed by atoms with van der Waals surface area (Å²) in [4.78, 5) is 0. The molecule has 0 radical (unpaired) electrons. The van der Waals surface area contributed by atoms with E-state index in [1.54, 1.807) is 0 Å². The highest BCUT2D eigenvalue weighted by molar-refractivity contribution is 4.86. The summed E-state index contributed by atoms with van der Waals surface area (Å²) >= 11 is 0. The van der Waals surface area contributed by atoms with Gasteiger partial charge < -0.3 is 10.1 Å². The minimum atomic E-state index is 0.515. The molecule has 1 fully saturated rings. The van der Waals surface area contributed by atoms with E-state index in [9.17, 15) is 0 Å². The third kappa shape index (κ3) is 4.92. The molecule has 0 saturated heterocycles. The Morgan fingerprint density at radius 1 is 1.31 bits per heavy atom. The average molecular weight is 181 g/mol. The molecule has 1 aliphatic carbocycles. The quantitative estimate of drug-likeness (QED) is 0.513. The fourth-order valence-electron chi connectivity index (χ4n) is 1.69. The zero-order chi connectivity index (χ0) is 9.36. The van der Waals surface area contributed by atoms with E-state index in [1.807, 2.05) is 0 Å². The lowest BCUT2D eigenvalue weighted by atomic mass is 9.98. The van der Waals surface area contributed by atoms with Crippen molar-refractivity contribution in [2.45, 2.75) is 38.2 Å². The van der Waals surface area contributed by atoms with E-state index in [0.29, 0.717) is 12.6 Å². The fraction of sp³-hybridized carbons (Fsp3) is 0.818. The molecule has 1 saturated carbocycles. The normalized spacial score (nSPS) is 18.4. The van der Waals surface area contributed by atoms with Crippen LogP contribution < -0.4 is 5.32 Å². The summed E-state index contributed by atoms with van der Waals surface area (Å²) in [6, 6.07) is 0. The standard InChI is InChI=1S/C11H19NO/c1-2-8-12-9-10-13-11-6-4-3-5-7-11/h1,11-12H,3-10H2. The van der Waals surface area contributed by atoms with Crippen molar-refractivity contribution in [3.05, 3.63) is 0 Å². The first-order chi connectivity index (χ1) is 6.43. The number of ether oxygens (including phenoxy) is 1. The molecule has 1 aliphatic rings. The summed E-state index contributed by atoms with van der Waals surface area (Å²) in [5, 5.41) is 3.11. The average Bonchev–Trinajstić information content (AvgIpc) is 2.19. The Hall–Kier alpha value is -0.520. The van der Waals surface area contributed by atoms with E-state index in [-0.39, 0.29) is 0 Å². The Morgan fingerprint density at radius 3 is 2.77 bits per heavy atom. The molecule has 0 unspecified atom stereocenters. The van der Waals surface area contributed by atoms with E-state index >= 15 is 0 Å². The van der Waals surface area contributed by atoms with Crippen LogP contribution in [0.3, 0.4) is 0 Å². The van der Waals surface area contributed by atoms with Gasteiger partial charge in [-0.25, -0.2) is 0 Å². The van der Waals surface area contributed by atoms with E-state index in [4.69, 9.17) is 11.2 Å². The lowest BCUT2D eigenvalue weighted by molar-refractivity contribution is 0.0307. The SMILES string of the molecule is C#CCNCCOC1CCCCC1. The van der Waals surface area contributed by atoms with Gasteiger partial charge in [-0.2, -0.15) is 0 Å². The van der Waals surface area contributed by atoms with Crippen molar-refractivity contribution >= 4 is 0 Å². The maximum Gasteiger partial charge on any atom is 0.0595 e. The maximum atomic E-state index is 5.70. The first kappa shape index (κ1) is 10.6. The van der Waals surface area contributed by atoms with Crippen molar-refractivity contribution in [2.75, 3.05) is 19.7 Å². The van der Waals surface area contributed by atoms with Gasteiger partial charge in [-0.05, 0) is 12.8 Å². The van der Waals surface area contributed by atoms with Crippen LogP contribution in [-0.4, -0.2) is 25.8 Å². The van der Waals surface area contributed by atoms with Crippen molar-refractivity contribution in [3.63, 3.8) is 0 Å². The van der Waals surface area contributed by atoms with Gasteiger partial charge in [0.05, 0.1) is 19.3 Å². The number of hydrogen-bond donors (Lipinski definition) is 1. The summed E-state index contributed by atoms with van der Waals surface area (Å²) in [6.07, 6.45) is 12.2. The van der Waals surface area contributed by atoms with Gasteiger partial charge in [-0.3, -0.25) is 0 Å². The highest BCUT2D eigenvalue weighted by Crippen LogP contribution is 2.19. The van der Waals surface area contributed by atoms with Crippen molar-refractivity contribution in [3.8, 4) is 12.3 Å². The van der Waals surface area contributed by atoms with Crippen LogP contribution in [0.25, 0.3) is 0 Å². The lowest BCUT2D eigenvalue weighted by Gasteiger charge is -2.21. The fourth-order valence-corrected chi connectivity index (χ4v) is 1.69. The van der Waals surface area contributed by atoms with Crippen LogP contribution in [0.5, 0.6) is 0 Å². The summed E-state index contributed by atoms with van der Waals surface area (Å²) in [5.74, 6) is 2.54. The smallest absolute Gasteiger partial charge is 0.0595 e. The summed E-state index contributed by atoms with van der Waals surface area (Å²) in [5.41, 5.74) is 0. The number of nitrogens with one attached hydrogen (secondary N) is 1. The van der Waals surface area contributed by atoms with Crippen molar-refractivity contribution in [1.82, 2.24) is 5.32 Å². The highest BCUT2D eigenvalue weighted by atomic mass is 16.5. The lowest BCUT2D eigenvalue weighted by Crippen LogP contribution is -2.24. The Bertz CT molecular complexity index is 156. The largest absolute Gasteiger partial charge is 0.377 e. The molecule has 0 spiro atoms. The van der Waals surface area contributed by atoms with Gasteiger partial charge in [0.15, 0.2) is 0 Å². The minimum absolute atomic E-state index is 0.515. The van der Waals surface area contributed by atoms with Crippen molar-refractivity contribution < 1.29 is 4.74 Å². The second-order valence-electron chi connectivity index (χ2n) is 3.51. The van der Waals surface area contributed by atoms with Crippen molar-refractivity contribution in [1.29, 1.82) is 0 Å². The number of hydrogen-bond acceptors (Lipinski definition) is 2. The van der Waals surface area contributed by atoms with Crippen LogP contribution in [0, 0.1) is 12.3 Å². The molecule has 13 heavy (non-hydrogen) atoms. The molecule has 0 aromatic carbocycles. The number of rotatable bonds is 5. The second kappa shape index (κ2) is 6.94. The van der Waals surface area contributed by atoms with Gasteiger partial charge in [0, 0.05) is 6.54 Å². The molecular weight excluding hydrogens is 162 g/mol. The predicted molar refractivity (Wildman–Crippen MR) is 54.5 cm³/mol. The molecule has 0 aromatic heterocycles. The minimum Gasteiger partial charge on any atom is -0.377 e. The summed E-state index contributed by atoms with van der Waals surface area (Å²) in [6.45, 7) is 2.32. The third-order valence-corrected chi connectivity index (χ3v) is 2.41. The van der Waals surface area contributed by atoms with Crippen LogP contribution in [-0.2, 0) is 4.74 Å². The Labute approximate surface area is 81.0 Å². The van der Waals surface area contributed by atoms with Crippen molar-refractivity contribution in [2.24, 2.45) is 0 Å². The van der Waals surface area contributed by atoms with E-state index < -0.39 is 0 Å².